The predicted molar refractivity (Wildman–Crippen MR) is 57.0 cm³/mol. The molecule has 2 rings (SSSR count). The summed E-state index contributed by atoms with van der Waals surface area (Å²) in [6.07, 6.45) is 4.59. The largest absolute Gasteiger partial charge is 0.383 e. The van der Waals surface area contributed by atoms with Crippen LogP contribution in [-0.4, -0.2) is 9.97 Å². The van der Waals surface area contributed by atoms with E-state index < -0.39 is 0 Å². The Kier molecular flexibility index (Phi) is 2.40. The number of hydrogen-bond donors (Lipinski definition) is 1. The van der Waals surface area contributed by atoms with Crippen molar-refractivity contribution in [2.75, 3.05) is 5.73 Å². The zero-order valence-corrected chi connectivity index (χ0v) is 8.88. The van der Waals surface area contributed by atoms with Crippen molar-refractivity contribution in [1.29, 1.82) is 0 Å². The molecule has 1 saturated carbocycles. The van der Waals surface area contributed by atoms with Gasteiger partial charge in [0.1, 0.15) is 11.6 Å². The van der Waals surface area contributed by atoms with Crippen molar-refractivity contribution in [2.24, 2.45) is 5.92 Å². The van der Waals surface area contributed by atoms with Gasteiger partial charge < -0.3 is 5.73 Å². The van der Waals surface area contributed by atoms with Crippen LogP contribution < -0.4 is 5.73 Å². The lowest BCUT2D eigenvalue weighted by Gasteiger charge is -2.08. The molecule has 0 unspecified atom stereocenters. The van der Waals surface area contributed by atoms with Crippen LogP contribution in [0.25, 0.3) is 0 Å². The second kappa shape index (κ2) is 3.56. The molecule has 76 valence electrons. The van der Waals surface area contributed by atoms with Crippen LogP contribution in [-0.2, 0) is 12.8 Å². The van der Waals surface area contributed by atoms with Gasteiger partial charge in [-0.25, -0.2) is 9.97 Å². The van der Waals surface area contributed by atoms with Crippen LogP contribution in [0.15, 0.2) is 0 Å². The standard InChI is InChI=1S/C11H17N3/c1-3-9-7(2)13-10(14-11(9)12)6-8-4-5-8/h8H,3-6H2,1-2H3,(H2,12,13,14). The van der Waals surface area contributed by atoms with Crippen LogP contribution in [0.1, 0.15) is 36.8 Å². The molecule has 1 aromatic heterocycles. The Morgan fingerprint density at radius 3 is 2.57 bits per heavy atom. The normalized spacial score (nSPS) is 15.9. The lowest BCUT2D eigenvalue weighted by molar-refractivity contribution is 0.760. The minimum Gasteiger partial charge on any atom is -0.383 e. The molecular formula is C11H17N3. The van der Waals surface area contributed by atoms with Crippen LogP contribution >= 0.6 is 0 Å². The van der Waals surface area contributed by atoms with Gasteiger partial charge in [-0.2, -0.15) is 0 Å². The molecule has 0 atom stereocenters. The van der Waals surface area contributed by atoms with Gasteiger partial charge in [-0.1, -0.05) is 6.92 Å². The summed E-state index contributed by atoms with van der Waals surface area (Å²) in [4.78, 5) is 8.85. The summed E-state index contributed by atoms with van der Waals surface area (Å²) < 4.78 is 0. The summed E-state index contributed by atoms with van der Waals surface area (Å²) in [6.45, 7) is 4.11. The van der Waals surface area contributed by atoms with Crippen LogP contribution in [0.4, 0.5) is 5.82 Å². The number of hydrogen-bond acceptors (Lipinski definition) is 3. The van der Waals surface area contributed by atoms with E-state index in [9.17, 15) is 0 Å². The van der Waals surface area contributed by atoms with Gasteiger partial charge in [0.25, 0.3) is 0 Å². The van der Waals surface area contributed by atoms with Crippen molar-refractivity contribution in [2.45, 2.75) is 39.5 Å². The molecule has 0 saturated heterocycles. The van der Waals surface area contributed by atoms with Crippen molar-refractivity contribution >= 4 is 5.82 Å². The molecule has 1 aliphatic carbocycles. The maximum atomic E-state index is 5.88. The van der Waals surface area contributed by atoms with Gasteiger partial charge in [0.05, 0.1) is 0 Å². The Balaban J connectivity index is 2.25. The summed E-state index contributed by atoms with van der Waals surface area (Å²) in [5, 5.41) is 0. The number of nitrogen functional groups attached to an aromatic ring is 1. The minimum absolute atomic E-state index is 0.677. The van der Waals surface area contributed by atoms with E-state index in [4.69, 9.17) is 5.73 Å². The SMILES string of the molecule is CCc1c(C)nc(CC2CC2)nc1N. The first-order valence-electron chi connectivity index (χ1n) is 5.32. The summed E-state index contributed by atoms with van der Waals surface area (Å²) in [7, 11) is 0. The van der Waals surface area contributed by atoms with E-state index in [1.807, 2.05) is 6.92 Å². The highest BCUT2D eigenvalue weighted by Gasteiger charge is 2.23. The van der Waals surface area contributed by atoms with E-state index in [0.29, 0.717) is 5.82 Å². The van der Waals surface area contributed by atoms with E-state index in [0.717, 1.165) is 35.8 Å². The summed E-state index contributed by atoms with van der Waals surface area (Å²) in [6, 6.07) is 0. The molecule has 1 aliphatic rings. The molecular weight excluding hydrogens is 174 g/mol. The van der Waals surface area contributed by atoms with Gasteiger partial charge in [-0.15, -0.1) is 0 Å². The average molecular weight is 191 g/mol. The van der Waals surface area contributed by atoms with Gasteiger partial charge in [0.2, 0.25) is 0 Å². The van der Waals surface area contributed by atoms with Crippen molar-refractivity contribution in [1.82, 2.24) is 9.97 Å². The fourth-order valence-electron chi connectivity index (χ4n) is 1.79. The highest BCUT2D eigenvalue weighted by molar-refractivity contribution is 5.41. The second-order valence-corrected chi connectivity index (χ2v) is 4.09. The highest BCUT2D eigenvalue weighted by Crippen LogP contribution is 2.32. The molecule has 3 heteroatoms. The molecule has 14 heavy (non-hydrogen) atoms. The van der Waals surface area contributed by atoms with Crippen molar-refractivity contribution in [3.63, 3.8) is 0 Å². The molecule has 1 fully saturated rings. The molecule has 0 aliphatic heterocycles. The lowest BCUT2D eigenvalue weighted by atomic mass is 10.1. The Morgan fingerprint density at radius 2 is 2.07 bits per heavy atom. The summed E-state index contributed by atoms with van der Waals surface area (Å²) in [5.74, 6) is 2.43. The molecule has 3 nitrogen and oxygen atoms in total. The molecule has 0 bridgehead atoms. The van der Waals surface area contributed by atoms with Crippen LogP contribution in [0.5, 0.6) is 0 Å². The molecule has 1 aromatic rings. The zero-order valence-electron chi connectivity index (χ0n) is 8.88. The van der Waals surface area contributed by atoms with E-state index in [2.05, 4.69) is 16.9 Å². The maximum Gasteiger partial charge on any atom is 0.131 e. The van der Waals surface area contributed by atoms with Gasteiger partial charge in [0, 0.05) is 17.7 Å². The third-order valence-corrected chi connectivity index (χ3v) is 2.81. The molecule has 2 N–H and O–H groups in total. The van der Waals surface area contributed by atoms with E-state index in [1.165, 1.54) is 12.8 Å². The molecule has 0 radical (unpaired) electrons. The van der Waals surface area contributed by atoms with Gasteiger partial charge in [-0.3, -0.25) is 0 Å². The molecule has 1 heterocycles. The Morgan fingerprint density at radius 1 is 1.36 bits per heavy atom. The lowest BCUT2D eigenvalue weighted by Crippen LogP contribution is -2.07. The monoisotopic (exact) mass is 191 g/mol. The average Bonchev–Trinajstić information content (AvgIpc) is 2.87. The minimum atomic E-state index is 0.677. The van der Waals surface area contributed by atoms with Gasteiger partial charge >= 0.3 is 0 Å². The third-order valence-electron chi connectivity index (χ3n) is 2.81. The fraction of sp³-hybridized carbons (Fsp3) is 0.636. The number of nitrogens with zero attached hydrogens (tertiary/aromatic N) is 2. The van der Waals surface area contributed by atoms with Crippen molar-refractivity contribution in [3.05, 3.63) is 17.1 Å². The summed E-state index contributed by atoms with van der Waals surface area (Å²) in [5.41, 5.74) is 8.03. The summed E-state index contributed by atoms with van der Waals surface area (Å²) >= 11 is 0. The first kappa shape index (κ1) is 9.44. The van der Waals surface area contributed by atoms with Crippen LogP contribution in [0.3, 0.4) is 0 Å². The van der Waals surface area contributed by atoms with E-state index in [1.54, 1.807) is 0 Å². The number of aryl methyl sites for hydroxylation is 1. The number of aromatic nitrogens is 2. The van der Waals surface area contributed by atoms with Crippen molar-refractivity contribution in [3.8, 4) is 0 Å². The van der Waals surface area contributed by atoms with Crippen LogP contribution in [0.2, 0.25) is 0 Å². The maximum absolute atomic E-state index is 5.88. The number of rotatable bonds is 3. The quantitative estimate of drug-likeness (QED) is 0.793. The fourth-order valence-corrected chi connectivity index (χ4v) is 1.79. The first-order valence-corrected chi connectivity index (χ1v) is 5.32. The molecule has 0 aromatic carbocycles. The topological polar surface area (TPSA) is 51.8 Å². The second-order valence-electron chi connectivity index (χ2n) is 4.09. The highest BCUT2D eigenvalue weighted by atomic mass is 15.0. The smallest absolute Gasteiger partial charge is 0.131 e. The Hall–Kier alpha value is -1.12. The molecule has 0 spiro atoms. The Labute approximate surface area is 84.8 Å². The Bertz CT molecular complexity index is 319. The predicted octanol–water partition coefficient (Wildman–Crippen LogP) is 1.88. The number of anilines is 1. The van der Waals surface area contributed by atoms with Crippen LogP contribution in [0, 0.1) is 12.8 Å². The van der Waals surface area contributed by atoms with Gasteiger partial charge in [0.15, 0.2) is 0 Å². The van der Waals surface area contributed by atoms with Gasteiger partial charge in [-0.05, 0) is 32.1 Å². The zero-order chi connectivity index (χ0) is 10.1. The van der Waals surface area contributed by atoms with E-state index in [-0.39, 0.29) is 0 Å². The number of nitrogens with two attached hydrogens (primary N) is 1. The first-order chi connectivity index (χ1) is 6.70. The van der Waals surface area contributed by atoms with Crippen molar-refractivity contribution < 1.29 is 0 Å². The molecule has 0 amide bonds. The third kappa shape index (κ3) is 1.86. The van der Waals surface area contributed by atoms with E-state index >= 15 is 0 Å².